The topological polar surface area (TPSA) is 168 Å². The summed E-state index contributed by atoms with van der Waals surface area (Å²) < 4.78 is 15.4. The van der Waals surface area contributed by atoms with Gasteiger partial charge >= 0.3 is 5.97 Å². The second-order valence-electron chi connectivity index (χ2n) is 9.67. The Balaban J connectivity index is 1.37. The SMILES string of the molecule is CCOC(=O)CCN1C(=O)[C@H]2[C@H]3[C@H](O)[C@H](O)CC(=NOC[C@@H](O)COCc4ccco4)[C@@H]3CC[C@H]2C1=O. The number of hydrogen-bond acceptors (Lipinski definition) is 11. The number of hydrogen-bond donors (Lipinski definition) is 3. The molecule has 0 aromatic carbocycles. The zero-order valence-corrected chi connectivity index (χ0v) is 20.7. The van der Waals surface area contributed by atoms with E-state index in [9.17, 15) is 29.7 Å². The molecule has 12 heteroatoms. The standard InChI is InChI=1S/C25H34N2O10/c1-2-35-20(30)7-8-27-24(32)17-6-5-16-18(10-19(29)23(31)21(16)22(17)25(27)33)26-37-12-14(28)11-34-13-15-4-3-9-36-15/h3-4,9,14,16-17,19,21-23,28-29,31H,2,5-8,10-13H2,1H3/t14-,16-,17+,19+,21-,22+,23+/m0/s1. The third kappa shape index (κ3) is 6.03. The van der Waals surface area contributed by atoms with Gasteiger partial charge in [-0.1, -0.05) is 5.16 Å². The summed E-state index contributed by atoms with van der Waals surface area (Å²) in [5.41, 5.74) is 0.482. The number of furan rings is 1. The molecule has 12 nitrogen and oxygen atoms in total. The summed E-state index contributed by atoms with van der Waals surface area (Å²) in [5.74, 6) is -3.20. The number of esters is 1. The first-order chi connectivity index (χ1) is 17.8. The molecule has 0 unspecified atom stereocenters. The van der Waals surface area contributed by atoms with E-state index in [2.05, 4.69) is 5.16 Å². The number of fused-ring (bicyclic) bond motifs is 3. The molecule has 1 saturated heterocycles. The molecule has 2 saturated carbocycles. The van der Waals surface area contributed by atoms with E-state index in [1.54, 1.807) is 19.1 Å². The van der Waals surface area contributed by atoms with Gasteiger partial charge in [-0.05, 0) is 31.9 Å². The Bertz CT molecular complexity index is 980. The predicted molar refractivity (Wildman–Crippen MR) is 126 cm³/mol. The number of carbonyl (C=O) groups excluding carboxylic acids is 3. The van der Waals surface area contributed by atoms with Crippen LogP contribution in [0.1, 0.15) is 38.4 Å². The molecule has 0 bridgehead atoms. The Morgan fingerprint density at radius 3 is 2.73 bits per heavy atom. The van der Waals surface area contributed by atoms with Crippen molar-refractivity contribution in [1.82, 2.24) is 4.90 Å². The van der Waals surface area contributed by atoms with E-state index in [0.29, 0.717) is 24.3 Å². The molecule has 4 rings (SSSR count). The first-order valence-electron chi connectivity index (χ1n) is 12.7. The zero-order valence-electron chi connectivity index (χ0n) is 20.7. The quantitative estimate of drug-likeness (QED) is 0.208. The average Bonchev–Trinajstić information content (AvgIpc) is 3.47. The molecule has 2 aliphatic carbocycles. The fourth-order valence-electron chi connectivity index (χ4n) is 5.64. The van der Waals surface area contributed by atoms with Crippen molar-refractivity contribution in [2.75, 3.05) is 26.4 Å². The van der Waals surface area contributed by atoms with E-state index in [1.807, 2.05) is 0 Å². The van der Waals surface area contributed by atoms with E-state index in [-0.39, 0.29) is 57.6 Å². The number of rotatable bonds is 11. The minimum atomic E-state index is -1.21. The van der Waals surface area contributed by atoms with Gasteiger partial charge in [0.05, 0.1) is 55.7 Å². The molecule has 3 N–H and O–H groups in total. The Morgan fingerprint density at radius 1 is 1.22 bits per heavy atom. The smallest absolute Gasteiger partial charge is 0.307 e. The van der Waals surface area contributed by atoms with Gasteiger partial charge in [0.2, 0.25) is 11.8 Å². The molecule has 37 heavy (non-hydrogen) atoms. The van der Waals surface area contributed by atoms with Gasteiger partial charge in [0, 0.05) is 24.8 Å². The van der Waals surface area contributed by atoms with Crippen LogP contribution >= 0.6 is 0 Å². The third-order valence-corrected chi connectivity index (χ3v) is 7.30. The normalized spacial score (nSPS) is 31.2. The lowest BCUT2D eigenvalue weighted by Crippen LogP contribution is -2.54. The molecule has 3 aliphatic rings. The van der Waals surface area contributed by atoms with Crippen molar-refractivity contribution in [3.05, 3.63) is 24.2 Å². The molecule has 0 radical (unpaired) electrons. The summed E-state index contributed by atoms with van der Waals surface area (Å²) in [4.78, 5) is 44.4. The van der Waals surface area contributed by atoms with Crippen LogP contribution in [0.2, 0.25) is 0 Å². The van der Waals surface area contributed by atoms with E-state index >= 15 is 0 Å². The number of aliphatic hydroxyl groups excluding tert-OH is 3. The summed E-state index contributed by atoms with van der Waals surface area (Å²) in [6, 6.07) is 3.49. The highest BCUT2D eigenvalue weighted by atomic mass is 16.6. The monoisotopic (exact) mass is 522 g/mol. The van der Waals surface area contributed by atoms with Gasteiger partial charge in [0.1, 0.15) is 25.1 Å². The van der Waals surface area contributed by atoms with Crippen LogP contribution in [0.25, 0.3) is 0 Å². The van der Waals surface area contributed by atoms with Crippen LogP contribution in [0.15, 0.2) is 28.0 Å². The summed E-state index contributed by atoms with van der Waals surface area (Å²) in [7, 11) is 0. The average molecular weight is 523 g/mol. The maximum atomic E-state index is 13.3. The van der Waals surface area contributed by atoms with Crippen molar-refractivity contribution in [3.8, 4) is 0 Å². The molecule has 3 fully saturated rings. The lowest BCUT2D eigenvalue weighted by Gasteiger charge is -2.45. The summed E-state index contributed by atoms with van der Waals surface area (Å²) in [6.07, 6.45) is -0.959. The highest BCUT2D eigenvalue weighted by Gasteiger charge is 2.59. The number of ether oxygens (including phenoxy) is 2. The molecule has 2 heterocycles. The first-order valence-corrected chi connectivity index (χ1v) is 12.7. The highest BCUT2D eigenvalue weighted by Crippen LogP contribution is 2.49. The van der Waals surface area contributed by atoms with Gasteiger partial charge in [-0.3, -0.25) is 19.3 Å². The molecule has 1 aromatic rings. The Hall–Kier alpha value is -2.80. The maximum Gasteiger partial charge on any atom is 0.307 e. The molecule has 0 spiro atoms. The van der Waals surface area contributed by atoms with Crippen molar-refractivity contribution in [3.63, 3.8) is 0 Å². The van der Waals surface area contributed by atoms with Gasteiger partial charge in [-0.25, -0.2) is 0 Å². The number of aliphatic hydroxyl groups is 3. The van der Waals surface area contributed by atoms with Crippen molar-refractivity contribution in [2.24, 2.45) is 28.8 Å². The van der Waals surface area contributed by atoms with Gasteiger partial charge < -0.3 is 34.0 Å². The van der Waals surface area contributed by atoms with Crippen molar-refractivity contribution in [1.29, 1.82) is 0 Å². The van der Waals surface area contributed by atoms with Crippen LogP contribution in [-0.2, 0) is 35.3 Å². The third-order valence-electron chi connectivity index (χ3n) is 7.30. The van der Waals surface area contributed by atoms with Crippen molar-refractivity contribution < 1.29 is 48.4 Å². The van der Waals surface area contributed by atoms with E-state index in [4.69, 9.17) is 18.7 Å². The van der Waals surface area contributed by atoms with Gasteiger partial charge in [0.25, 0.3) is 0 Å². The van der Waals surface area contributed by atoms with E-state index < -0.39 is 47.9 Å². The lowest BCUT2D eigenvalue weighted by atomic mass is 9.60. The summed E-state index contributed by atoms with van der Waals surface area (Å²) in [6.45, 7) is 1.86. The lowest BCUT2D eigenvalue weighted by molar-refractivity contribution is -0.145. The van der Waals surface area contributed by atoms with Crippen LogP contribution in [0.4, 0.5) is 0 Å². The number of nitrogens with zero attached hydrogens (tertiary/aromatic N) is 2. The summed E-state index contributed by atoms with van der Waals surface area (Å²) >= 11 is 0. The van der Waals surface area contributed by atoms with E-state index in [1.165, 1.54) is 6.26 Å². The van der Waals surface area contributed by atoms with Gasteiger partial charge in [0.15, 0.2) is 0 Å². The number of likely N-dealkylation sites (tertiary alicyclic amines) is 1. The fraction of sp³-hybridized carbons (Fsp3) is 0.680. The predicted octanol–water partition coefficient (Wildman–Crippen LogP) is 0.236. The van der Waals surface area contributed by atoms with Gasteiger partial charge in [-0.2, -0.15) is 0 Å². The molecule has 1 aromatic heterocycles. The second kappa shape index (κ2) is 12.2. The largest absolute Gasteiger partial charge is 0.467 e. The van der Waals surface area contributed by atoms with Crippen LogP contribution in [-0.4, -0.2) is 88.4 Å². The zero-order chi connectivity index (χ0) is 26.5. The highest BCUT2D eigenvalue weighted by molar-refractivity contribution is 6.06. The van der Waals surface area contributed by atoms with Crippen LogP contribution in [0.3, 0.4) is 0 Å². The minimum Gasteiger partial charge on any atom is -0.467 e. The van der Waals surface area contributed by atoms with Gasteiger partial charge in [-0.15, -0.1) is 0 Å². The molecule has 7 atom stereocenters. The maximum absolute atomic E-state index is 13.3. The number of amides is 2. The van der Waals surface area contributed by atoms with Crippen molar-refractivity contribution in [2.45, 2.75) is 57.5 Å². The van der Waals surface area contributed by atoms with Crippen molar-refractivity contribution >= 4 is 23.5 Å². The Kier molecular flexibility index (Phi) is 8.95. The molecule has 204 valence electrons. The second-order valence-corrected chi connectivity index (χ2v) is 9.67. The molecule has 1 aliphatic heterocycles. The fourth-order valence-corrected chi connectivity index (χ4v) is 5.64. The first kappa shape index (κ1) is 27.2. The van der Waals surface area contributed by atoms with E-state index in [0.717, 1.165) is 4.90 Å². The van der Waals surface area contributed by atoms with Crippen LogP contribution in [0.5, 0.6) is 0 Å². The van der Waals surface area contributed by atoms with Crippen LogP contribution < -0.4 is 0 Å². The summed E-state index contributed by atoms with van der Waals surface area (Å²) in [5, 5.41) is 35.6. The number of oxime groups is 1. The molecule has 2 amide bonds. The minimum absolute atomic E-state index is 0.000940. The number of imide groups is 1. The van der Waals surface area contributed by atoms with Crippen LogP contribution in [0, 0.1) is 23.7 Å². The Labute approximate surface area is 214 Å². The molecular formula is C25H34N2O10. The Morgan fingerprint density at radius 2 is 2.00 bits per heavy atom. The number of carbonyl (C=O) groups is 3. The molecular weight excluding hydrogens is 488 g/mol.